The quantitative estimate of drug-likeness (QED) is 0.701. The van der Waals surface area contributed by atoms with Crippen LogP contribution in [0.1, 0.15) is 18.5 Å². The summed E-state index contributed by atoms with van der Waals surface area (Å²) in [4.78, 5) is 0. The van der Waals surface area contributed by atoms with Crippen LogP contribution in [0, 0.1) is 14.9 Å². The normalized spacial score (nSPS) is 11.5. The van der Waals surface area contributed by atoms with Crippen molar-refractivity contribution in [3.63, 3.8) is 0 Å². The third-order valence-corrected chi connectivity index (χ3v) is 4.11. The first kappa shape index (κ1) is 15.9. The Hall–Kier alpha value is -1.45. The summed E-state index contributed by atoms with van der Waals surface area (Å²) in [5.74, 6) is 0.702. The number of rotatable bonds is 5. The van der Waals surface area contributed by atoms with E-state index >= 15 is 0 Å². The first-order valence-electron chi connectivity index (χ1n) is 6.41. The number of nitrogens with zero attached hydrogens (tertiary/aromatic N) is 1. The van der Waals surface area contributed by atoms with E-state index in [2.05, 4.69) is 34.8 Å². The summed E-state index contributed by atoms with van der Waals surface area (Å²) in [6, 6.07) is 15.6. The maximum absolute atomic E-state index is 8.48. The van der Waals surface area contributed by atoms with E-state index in [1.165, 1.54) is 0 Å². The number of ether oxygens (including phenoxy) is 1. The van der Waals surface area contributed by atoms with Gasteiger partial charge in [0.15, 0.2) is 6.61 Å². The molecule has 0 radical (unpaired) electrons. The minimum atomic E-state index is 0.0656. The summed E-state index contributed by atoms with van der Waals surface area (Å²) in [6.45, 7) is 2.16. The van der Waals surface area contributed by atoms with Crippen molar-refractivity contribution in [2.24, 2.45) is 0 Å². The second kappa shape index (κ2) is 7.53. The maximum Gasteiger partial charge on any atom is 0.174 e. The van der Waals surface area contributed by atoms with E-state index in [4.69, 9.17) is 21.6 Å². The van der Waals surface area contributed by atoms with Crippen LogP contribution in [0.3, 0.4) is 0 Å². The van der Waals surface area contributed by atoms with E-state index in [0.29, 0.717) is 5.75 Å². The predicted octanol–water partition coefficient (Wildman–Crippen LogP) is 5.02. The zero-order valence-corrected chi connectivity index (χ0v) is 14.4. The molecule has 3 nitrogen and oxygen atoms in total. The predicted molar refractivity (Wildman–Crippen MR) is 93.8 cm³/mol. The van der Waals surface area contributed by atoms with Crippen LogP contribution in [0.25, 0.3) is 0 Å². The van der Waals surface area contributed by atoms with Gasteiger partial charge >= 0.3 is 0 Å². The second-order valence-electron chi connectivity index (χ2n) is 4.51. The molecule has 21 heavy (non-hydrogen) atoms. The number of hydrogen-bond acceptors (Lipinski definition) is 3. The molecule has 0 aliphatic carbocycles. The van der Waals surface area contributed by atoms with Gasteiger partial charge in [0.2, 0.25) is 0 Å². The zero-order chi connectivity index (χ0) is 15.2. The van der Waals surface area contributed by atoms with E-state index in [1.54, 1.807) is 0 Å². The molecule has 2 aromatic rings. The molecule has 0 fully saturated rings. The molecule has 1 N–H and O–H groups in total. The number of nitriles is 1. The van der Waals surface area contributed by atoms with Crippen molar-refractivity contribution in [2.75, 3.05) is 11.9 Å². The topological polar surface area (TPSA) is 45.0 Å². The number of anilines is 1. The van der Waals surface area contributed by atoms with Crippen LogP contribution in [0.2, 0.25) is 5.02 Å². The second-order valence-corrected chi connectivity index (χ2v) is 6.10. The van der Waals surface area contributed by atoms with Gasteiger partial charge in [0.1, 0.15) is 11.8 Å². The number of hydrogen-bond donors (Lipinski definition) is 1. The van der Waals surface area contributed by atoms with Crippen LogP contribution in [-0.2, 0) is 0 Å². The fraction of sp³-hybridized carbons (Fsp3) is 0.188. The molecular formula is C16H14ClIN2O. The minimum Gasteiger partial charge on any atom is -0.479 e. The summed E-state index contributed by atoms with van der Waals surface area (Å²) in [5, 5.41) is 12.7. The highest BCUT2D eigenvalue weighted by atomic mass is 127. The van der Waals surface area contributed by atoms with Crippen molar-refractivity contribution in [3.05, 3.63) is 56.6 Å². The highest BCUT2D eigenvalue weighted by Gasteiger charge is 2.08. The van der Waals surface area contributed by atoms with Gasteiger partial charge < -0.3 is 10.1 Å². The molecule has 0 aliphatic heterocycles. The molecule has 0 aliphatic rings. The van der Waals surface area contributed by atoms with E-state index in [0.717, 1.165) is 19.8 Å². The van der Waals surface area contributed by atoms with Crippen LogP contribution >= 0.6 is 34.2 Å². The molecule has 0 saturated carbocycles. The zero-order valence-electron chi connectivity index (χ0n) is 11.4. The molecule has 108 valence electrons. The Balaban J connectivity index is 2.06. The van der Waals surface area contributed by atoms with Crippen LogP contribution in [-0.4, -0.2) is 6.61 Å². The molecule has 0 amide bonds. The van der Waals surface area contributed by atoms with Crippen molar-refractivity contribution in [1.82, 2.24) is 0 Å². The summed E-state index contributed by atoms with van der Waals surface area (Å²) >= 11 is 8.22. The standard InChI is InChI=1S/C16H14ClIN2O/c1-11(20-16-7-4-13(17)10-15(16)18)12-2-5-14(6-3-12)21-9-8-19/h2-7,10-11,20H,9H2,1H3. The largest absolute Gasteiger partial charge is 0.479 e. The summed E-state index contributed by atoms with van der Waals surface area (Å²) < 4.78 is 6.33. The molecule has 1 unspecified atom stereocenters. The van der Waals surface area contributed by atoms with Gasteiger partial charge in [-0.3, -0.25) is 0 Å². The third kappa shape index (κ3) is 4.51. The van der Waals surface area contributed by atoms with Gasteiger partial charge in [0, 0.05) is 20.3 Å². The van der Waals surface area contributed by atoms with Crippen LogP contribution < -0.4 is 10.1 Å². The van der Waals surface area contributed by atoms with Gasteiger partial charge in [-0.15, -0.1) is 0 Å². The summed E-state index contributed by atoms with van der Waals surface area (Å²) in [6.07, 6.45) is 0. The van der Waals surface area contributed by atoms with Gasteiger partial charge in [-0.1, -0.05) is 23.7 Å². The van der Waals surface area contributed by atoms with Crippen molar-refractivity contribution in [2.45, 2.75) is 13.0 Å². The molecule has 2 rings (SSSR count). The highest BCUT2D eigenvalue weighted by Crippen LogP contribution is 2.27. The Morgan fingerprint density at radius 2 is 2.00 bits per heavy atom. The molecule has 0 bridgehead atoms. The van der Waals surface area contributed by atoms with E-state index in [9.17, 15) is 0 Å². The fourth-order valence-corrected chi connectivity index (χ4v) is 2.92. The van der Waals surface area contributed by atoms with Crippen LogP contribution in [0.5, 0.6) is 5.75 Å². The maximum atomic E-state index is 8.48. The SMILES string of the molecule is CC(Nc1ccc(Cl)cc1I)c1ccc(OCC#N)cc1. The van der Waals surface area contributed by atoms with Gasteiger partial charge in [0.05, 0.1) is 0 Å². The number of halogens is 2. The molecular weight excluding hydrogens is 399 g/mol. The smallest absolute Gasteiger partial charge is 0.174 e. The average molecular weight is 413 g/mol. The average Bonchev–Trinajstić information content (AvgIpc) is 2.48. The van der Waals surface area contributed by atoms with Crippen molar-refractivity contribution in [1.29, 1.82) is 5.26 Å². The molecule has 0 spiro atoms. The van der Waals surface area contributed by atoms with E-state index < -0.39 is 0 Å². The fourth-order valence-electron chi connectivity index (χ4n) is 1.89. The lowest BCUT2D eigenvalue weighted by Gasteiger charge is -2.17. The monoisotopic (exact) mass is 412 g/mol. The van der Waals surface area contributed by atoms with Gasteiger partial charge in [-0.2, -0.15) is 5.26 Å². The lowest BCUT2D eigenvalue weighted by molar-refractivity contribution is 0.368. The summed E-state index contributed by atoms with van der Waals surface area (Å²) in [5.41, 5.74) is 2.20. The number of nitrogens with one attached hydrogen (secondary N) is 1. The third-order valence-electron chi connectivity index (χ3n) is 2.99. The number of benzene rings is 2. The molecule has 5 heteroatoms. The van der Waals surface area contributed by atoms with Gasteiger partial charge in [-0.05, 0) is 65.4 Å². The highest BCUT2D eigenvalue weighted by molar-refractivity contribution is 14.1. The van der Waals surface area contributed by atoms with E-state index in [1.807, 2.05) is 48.5 Å². The lowest BCUT2D eigenvalue weighted by atomic mass is 10.1. The van der Waals surface area contributed by atoms with Crippen molar-refractivity contribution >= 4 is 39.9 Å². The minimum absolute atomic E-state index is 0.0656. The summed E-state index contributed by atoms with van der Waals surface area (Å²) in [7, 11) is 0. The van der Waals surface area contributed by atoms with Crippen molar-refractivity contribution in [3.8, 4) is 11.8 Å². The van der Waals surface area contributed by atoms with Crippen LogP contribution in [0.4, 0.5) is 5.69 Å². The molecule has 0 heterocycles. The Morgan fingerprint density at radius 3 is 2.62 bits per heavy atom. The Labute approximate surface area is 143 Å². The van der Waals surface area contributed by atoms with E-state index in [-0.39, 0.29) is 12.6 Å². The molecule has 1 atom stereocenters. The molecule has 2 aromatic carbocycles. The van der Waals surface area contributed by atoms with Gasteiger partial charge in [0.25, 0.3) is 0 Å². The van der Waals surface area contributed by atoms with Crippen LogP contribution in [0.15, 0.2) is 42.5 Å². The Kier molecular flexibility index (Phi) is 5.71. The Morgan fingerprint density at radius 1 is 1.29 bits per heavy atom. The molecule has 0 aromatic heterocycles. The van der Waals surface area contributed by atoms with Gasteiger partial charge in [-0.25, -0.2) is 0 Å². The Bertz CT molecular complexity index is 652. The lowest BCUT2D eigenvalue weighted by Crippen LogP contribution is -2.07. The first-order valence-corrected chi connectivity index (χ1v) is 7.87. The molecule has 0 saturated heterocycles. The van der Waals surface area contributed by atoms with Crippen molar-refractivity contribution < 1.29 is 4.74 Å². The first-order chi connectivity index (χ1) is 10.1.